The first-order valence-electron chi connectivity index (χ1n) is 28.0. The van der Waals surface area contributed by atoms with Gasteiger partial charge in [-0.15, -0.1) is 0 Å². The van der Waals surface area contributed by atoms with Crippen molar-refractivity contribution < 1.29 is 94.6 Å². The van der Waals surface area contributed by atoms with Crippen LogP contribution in [0.4, 0.5) is 0 Å². The van der Waals surface area contributed by atoms with Crippen LogP contribution in [0.15, 0.2) is 303 Å². The minimum atomic E-state index is -5.89. The molecule has 91 heavy (non-hydrogen) atoms. The fraction of sp³-hybridized carbons (Fsp3) is 0. The van der Waals surface area contributed by atoms with Crippen LogP contribution in [0.3, 0.4) is 0 Å². The molecule has 0 radical (unpaired) electrons. The van der Waals surface area contributed by atoms with Gasteiger partial charge >= 0.3 is 88.0 Å². The first-order valence-corrected chi connectivity index (χ1v) is 45.7. The van der Waals surface area contributed by atoms with Crippen LogP contribution in [0.5, 0.6) is 0 Å². The van der Waals surface area contributed by atoms with Gasteiger partial charge in [-0.2, -0.15) is 0 Å². The smallest absolute Gasteiger partial charge is 0.387 e. The molecule has 10 aromatic rings. The summed E-state index contributed by atoms with van der Waals surface area (Å²) in [6, 6.07) is 72.7. The lowest BCUT2D eigenvalue weighted by Gasteiger charge is -2.43. The van der Waals surface area contributed by atoms with Gasteiger partial charge in [0.15, 0.2) is 0 Å². The van der Waals surface area contributed by atoms with E-state index >= 15 is 0 Å². The van der Waals surface area contributed by atoms with Crippen LogP contribution < -0.4 is 51.9 Å². The maximum absolute atomic E-state index is 13.8. The monoisotopic (exact) mass is 1400 g/mol. The van der Waals surface area contributed by atoms with Crippen molar-refractivity contribution in [3.05, 3.63) is 303 Å². The Balaban J connectivity index is 1.12. The minimum absolute atomic E-state index is 0.116. The van der Waals surface area contributed by atoms with Crippen molar-refractivity contribution in [2.75, 3.05) is 0 Å². The lowest BCUT2D eigenvalue weighted by atomic mass is 10.4. The molecule has 8 atom stereocenters. The molecule has 0 saturated heterocycles. The average molecular weight is 1400 g/mol. The summed E-state index contributed by atoms with van der Waals surface area (Å²) in [5.74, 6) is 0. The van der Waals surface area contributed by atoms with E-state index in [0.29, 0.717) is 0 Å². The zero-order chi connectivity index (χ0) is 64.5. The highest BCUT2D eigenvalue weighted by atomic mass is 28.6. The molecule has 21 nitrogen and oxygen atoms in total. The Hall–Kier alpha value is -6.47. The number of benzene rings is 10. The van der Waals surface area contributed by atoms with E-state index in [1.54, 1.807) is 60.7 Å². The van der Waals surface area contributed by atoms with E-state index in [-0.39, 0.29) is 51.9 Å². The van der Waals surface area contributed by atoms with Crippen LogP contribution in [0, 0.1) is 0 Å². The molecule has 0 aliphatic carbocycles. The van der Waals surface area contributed by atoms with E-state index in [1.165, 1.54) is 243 Å². The largest absolute Gasteiger partial charge is 0.524 e. The van der Waals surface area contributed by atoms with E-state index in [4.69, 9.17) is 37.0 Å². The number of rotatable bonds is 28. The summed E-state index contributed by atoms with van der Waals surface area (Å²) in [6.45, 7) is 0. The van der Waals surface area contributed by atoms with E-state index in [9.17, 15) is 57.5 Å². The first-order chi connectivity index (χ1) is 43.4. The standard InChI is InChI=1S/C60H62O21Si10/c61-82(62,51-31-11-1-12-32-51)73-84(65,53-35-15-3-16-36-53)75-86(67,55-39-19-5-20-40-55)77-88(69,57-43-23-7-24-44-57)79-90(71,59-47-27-9-28-48-59)81-91(72,60-49-29-10-30-50-60)80-89(70,58-45-25-8-26-46-58)78-87(68,56-41-21-6-22-42-56)76-85(66,54-37-17-4-18-38-54)74-83(63,64)52-33-13-2-14-34-52/h1-50,61-72H/t84-,85+,86+,87-,88+,89-,90-,91+. The first kappa shape index (κ1) is 67.4. The molecular weight excluding hydrogens is 1340 g/mol. The normalized spacial score (nSPS) is 17.5. The van der Waals surface area contributed by atoms with Gasteiger partial charge in [-0.1, -0.05) is 303 Å². The van der Waals surface area contributed by atoms with Gasteiger partial charge in [0.1, 0.15) is 0 Å². The Morgan fingerprint density at radius 2 is 0.231 bits per heavy atom. The number of hydrogen-bond acceptors (Lipinski definition) is 21. The third kappa shape index (κ3) is 15.8. The van der Waals surface area contributed by atoms with E-state index < -0.39 is 88.0 Å². The van der Waals surface area contributed by atoms with Crippen LogP contribution in [0.2, 0.25) is 0 Å². The quantitative estimate of drug-likeness (QED) is 0.0226. The molecule has 0 fully saturated rings. The maximum Gasteiger partial charge on any atom is 0.524 e. The summed E-state index contributed by atoms with van der Waals surface area (Å²) < 4.78 is 58.1. The average Bonchev–Trinajstić information content (AvgIpc) is 0.780. The Morgan fingerprint density at radius 3 is 0.352 bits per heavy atom. The van der Waals surface area contributed by atoms with Gasteiger partial charge in [0, 0.05) is 51.9 Å². The van der Waals surface area contributed by atoms with Gasteiger partial charge in [0.25, 0.3) is 0 Å². The molecule has 31 heteroatoms. The molecule has 10 aromatic carbocycles. The van der Waals surface area contributed by atoms with Crippen molar-refractivity contribution >= 4 is 140 Å². The lowest BCUT2D eigenvalue weighted by Crippen LogP contribution is -2.79. The Morgan fingerprint density at radius 1 is 0.132 bits per heavy atom. The second-order valence-corrected chi connectivity index (χ2v) is 45.3. The lowest BCUT2D eigenvalue weighted by molar-refractivity contribution is 0.108. The van der Waals surface area contributed by atoms with Crippen LogP contribution in [-0.2, 0) is 37.0 Å². The van der Waals surface area contributed by atoms with E-state index in [0.717, 1.165) is 0 Å². The summed E-state index contributed by atoms with van der Waals surface area (Å²) in [5.41, 5.74) is 0. The molecule has 0 unspecified atom stereocenters. The second-order valence-electron chi connectivity index (χ2n) is 20.4. The third-order valence-corrected chi connectivity index (χ3v) is 44.6. The summed E-state index contributed by atoms with van der Waals surface area (Å²) in [7, 11) is -56.2. The summed E-state index contributed by atoms with van der Waals surface area (Å²) in [4.78, 5) is 154. The van der Waals surface area contributed by atoms with Crippen LogP contribution in [-0.4, -0.2) is 146 Å². The highest BCUT2D eigenvalue weighted by molar-refractivity contribution is 7.00. The van der Waals surface area contributed by atoms with Crippen molar-refractivity contribution in [2.24, 2.45) is 0 Å². The molecular formula is C60H62O21Si10. The van der Waals surface area contributed by atoms with Crippen LogP contribution in [0.1, 0.15) is 0 Å². The number of hydrogen-bond donors (Lipinski definition) is 12. The third-order valence-electron chi connectivity index (χ3n) is 13.9. The van der Waals surface area contributed by atoms with Crippen molar-refractivity contribution in [3.63, 3.8) is 0 Å². The van der Waals surface area contributed by atoms with Crippen molar-refractivity contribution in [1.29, 1.82) is 0 Å². The zero-order valence-electron chi connectivity index (χ0n) is 47.9. The maximum atomic E-state index is 13.8. The van der Waals surface area contributed by atoms with E-state index in [1.807, 2.05) is 0 Å². The van der Waals surface area contributed by atoms with E-state index in [2.05, 4.69) is 0 Å². The highest BCUT2D eigenvalue weighted by Crippen LogP contribution is 2.28. The molecule has 0 bridgehead atoms. The highest BCUT2D eigenvalue weighted by Gasteiger charge is 2.68. The summed E-state index contributed by atoms with van der Waals surface area (Å²) in [5, 5.41) is -1.92. The summed E-state index contributed by atoms with van der Waals surface area (Å²) >= 11 is 0. The molecule has 0 heterocycles. The van der Waals surface area contributed by atoms with Crippen LogP contribution >= 0.6 is 0 Å². The second kappa shape index (κ2) is 28.0. The van der Waals surface area contributed by atoms with Gasteiger partial charge in [-0.3, -0.25) is 0 Å². The van der Waals surface area contributed by atoms with Gasteiger partial charge < -0.3 is 94.6 Å². The molecule has 12 N–H and O–H groups in total. The van der Waals surface area contributed by atoms with Gasteiger partial charge in [-0.25, -0.2) is 0 Å². The Labute approximate surface area is 534 Å². The summed E-state index contributed by atoms with van der Waals surface area (Å²) in [6.07, 6.45) is 0. The zero-order valence-corrected chi connectivity index (χ0v) is 57.9. The van der Waals surface area contributed by atoms with Crippen LogP contribution in [0.25, 0.3) is 0 Å². The fourth-order valence-electron chi connectivity index (χ4n) is 9.43. The molecule has 10 rings (SSSR count). The predicted octanol–water partition coefficient (Wildman–Crippen LogP) is -2.50. The van der Waals surface area contributed by atoms with Gasteiger partial charge in [-0.05, 0) is 0 Å². The molecule has 0 aliphatic rings. The Kier molecular flexibility index (Phi) is 20.7. The predicted molar refractivity (Wildman–Crippen MR) is 355 cm³/mol. The fourth-order valence-corrected chi connectivity index (χ4v) is 42.0. The molecule has 0 aromatic heterocycles. The van der Waals surface area contributed by atoms with Gasteiger partial charge in [0.2, 0.25) is 0 Å². The Bertz CT molecular complexity index is 3670. The topological polar surface area (TPSA) is 326 Å². The minimum Gasteiger partial charge on any atom is -0.387 e. The molecule has 0 aliphatic heterocycles. The molecule has 0 saturated carbocycles. The van der Waals surface area contributed by atoms with Crippen molar-refractivity contribution in [1.82, 2.24) is 0 Å². The molecule has 468 valence electrons. The van der Waals surface area contributed by atoms with Crippen molar-refractivity contribution in [3.8, 4) is 0 Å². The molecule has 0 amide bonds. The van der Waals surface area contributed by atoms with Gasteiger partial charge in [0.05, 0.1) is 0 Å². The van der Waals surface area contributed by atoms with Crippen molar-refractivity contribution in [2.45, 2.75) is 0 Å². The molecule has 0 spiro atoms. The SMILES string of the molecule is O[Si](O)(O[Si@@](O)(O[Si@](O)(O[Si@](O)(O[Si@@](O)(O[Si@@](O)(O[Si@](O)(O[Si@](O)(O[Si@@](O)(O[Si](O)(O)c1ccccc1)c1ccccc1)c1ccccc1)c1ccccc1)c1ccccc1)c1ccccc1)c1ccccc1)c1ccccc1)c1ccccc1)c1ccccc1.